The molecule has 4 heteroatoms. The first-order valence-corrected chi connectivity index (χ1v) is 7.90. The summed E-state index contributed by atoms with van der Waals surface area (Å²) in [5, 5.41) is 0. The molecule has 0 aromatic carbocycles. The fourth-order valence-electron chi connectivity index (χ4n) is 3.30. The van der Waals surface area contributed by atoms with E-state index in [2.05, 4.69) is 30.6 Å². The van der Waals surface area contributed by atoms with E-state index in [1.54, 1.807) is 0 Å². The third-order valence-electron chi connectivity index (χ3n) is 4.65. The van der Waals surface area contributed by atoms with E-state index >= 15 is 0 Å². The smallest absolute Gasteiger partial charge is 0.0829 e. The van der Waals surface area contributed by atoms with Gasteiger partial charge in [-0.3, -0.25) is 4.90 Å². The summed E-state index contributed by atoms with van der Waals surface area (Å²) >= 11 is 0. The molecule has 3 unspecified atom stereocenters. The Kier molecular flexibility index (Phi) is 5.63. The molecule has 2 aliphatic heterocycles. The minimum absolute atomic E-state index is 0.322. The van der Waals surface area contributed by atoms with Crippen molar-refractivity contribution in [1.82, 2.24) is 9.80 Å². The predicted molar refractivity (Wildman–Crippen MR) is 79.3 cm³/mol. The van der Waals surface area contributed by atoms with Crippen molar-refractivity contribution >= 4 is 0 Å². The molecule has 0 aliphatic carbocycles. The van der Waals surface area contributed by atoms with Gasteiger partial charge < -0.3 is 15.4 Å². The van der Waals surface area contributed by atoms with Gasteiger partial charge in [0.1, 0.15) is 0 Å². The Balaban J connectivity index is 1.80. The van der Waals surface area contributed by atoms with Crippen LogP contribution in [0.3, 0.4) is 0 Å². The Labute approximate surface area is 118 Å². The lowest BCUT2D eigenvalue weighted by Crippen LogP contribution is -2.52. The molecule has 2 heterocycles. The molecule has 2 N–H and O–H groups in total. The van der Waals surface area contributed by atoms with Gasteiger partial charge in [0, 0.05) is 38.3 Å². The van der Waals surface area contributed by atoms with Crippen LogP contribution in [0.15, 0.2) is 0 Å². The van der Waals surface area contributed by atoms with Gasteiger partial charge >= 0.3 is 0 Å². The van der Waals surface area contributed by atoms with Crippen LogP contribution in [0, 0.1) is 5.92 Å². The van der Waals surface area contributed by atoms with E-state index in [0.717, 1.165) is 32.8 Å². The molecule has 0 aromatic rings. The van der Waals surface area contributed by atoms with E-state index < -0.39 is 0 Å². The fraction of sp³-hybridized carbons (Fsp3) is 1.00. The summed E-state index contributed by atoms with van der Waals surface area (Å²) in [6.07, 6.45) is 2.95. The molecule has 0 aromatic heterocycles. The number of hydrogen-bond donors (Lipinski definition) is 1. The van der Waals surface area contributed by atoms with Gasteiger partial charge in [0.25, 0.3) is 0 Å². The second kappa shape index (κ2) is 7.02. The molecule has 0 radical (unpaired) electrons. The Morgan fingerprint density at radius 1 is 1.21 bits per heavy atom. The van der Waals surface area contributed by atoms with Crippen LogP contribution in [0.1, 0.15) is 33.6 Å². The van der Waals surface area contributed by atoms with Crippen molar-refractivity contribution in [1.29, 1.82) is 0 Å². The van der Waals surface area contributed by atoms with Gasteiger partial charge in [0.2, 0.25) is 0 Å². The first-order chi connectivity index (χ1) is 9.06. The van der Waals surface area contributed by atoms with E-state index in [-0.39, 0.29) is 0 Å². The summed E-state index contributed by atoms with van der Waals surface area (Å²) in [5.74, 6) is 0.665. The van der Waals surface area contributed by atoms with Gasteiger partial charge in [0.15, 0.2) is 0 Å². The largest absolute Gasteiger partial charge is 0.374 e. The zero-order valence-electron chi connectivity index (χ0n) is 12.8. The number of morpholine rings is 1. The van der Waals surface area contributed by atoms with Crippen molar-refractivity contribution in [3.05, 3.63) is 0 Å². The molecule has 2 aliphatic rings. The summed E-state index contributed by atoms with van der Waals surface area (Å²) in [6.45, 7) is 13.2. The number of ether oxygens (including phenoxy) is 1. The van der Waals surface area contributed by atoms with Crippen molar-refractivity contribution < 1.29 is 4.74 Å². The Hall–Kier alpha value is -0.160. The number of hydrogen-bond acceptors (Lipinski definition) is 4. The Morgan fingerprint density at radius 2 is 2.00 bits per heavy atom. The van der Waals surface area contributed by atoms with Crippen LogP contribution in [-0.4, -0.2) is 67.3 Å². The van der Waals surface area contributed by atoms with Gasteiger partial charge in [0.05, 0.1) is 12.7 Å². The Bertz CT molecular complexity index is 244. The summed E-state index contributed by atoms with van der Waals surface area (Å²) < 4.78 is 5.94. The second-order valence-corrected chi connectivity index (χ2v) is 6.60. The van der Waals surface area contributed by atoms with E-state index in [0.29, 0.717) is 24.1 Å². The van der Waals surface area contributed by atoms with Crippen LogP contribution in [0.25, 0.3) is 0 Å². The van der Waals surface area contributed by atoms with E-state index in [1.165, 1.54) is 19.4 Å². The number of piperidine rings is 1. The molecule has 112 valence electrons. The van der Waals surface area contributed by atoms with E-state index in [1.807, 2.05) is 0 Å². The van der Waals surface area contributed by atoms with Crippen LogP contribution < -0.4 is 5.73 Å². The van der Waals surface area contributed by atoms with Crippen LogP contribution in [0.5, 0.6) is 0 Å². The fourth-order valence-corrected chi connectivity index (χ4v) is 3.30. The maximum atomic E-state index is 6.06. The van der Waals surface area contributed by atoms with Gasteiger partial charge in [-0.1, -0.05) is 0 Å². The molecular weight excluding hydrogens is 238 g/mol. The van der Waals surface area contributed by atoms with Crippen molar-refractivity contribution in [2.24, 2.45) is 11.7 Å². The monoisotopic (exact) mass is 269 g/mol. The second-order valence-electron chi connectivity index (χ2n) is 6.60. The molecule has 0 bridgehead atoms. The van der Waals surface area contributed by atoms with Gasteiger partial charge in [-0.25, -0.2) is 0 Å². The first-order valence-electron chi connectivity index (χ1n) is 7.90. The molecule has 2 saturated heterocycles. The van der Waals surface area contributed by atoms with Crippen LogP contribution in [0.2, 0.25) is 0 Å². The summed E-state index contributed by atoms with van der Waals surface area (Å²) in [6, 6.07) is 0.951. The van der Waals surface area contributed by atoms with Crippen molar-refractivity contribution in [2.45, 2.75) is 51.8 Å². The van der Waals surface area contributed by atoms with E-state index in [9.17, 15) is 0 Å². The third-order valence-corrected chi connectivity index (χ3v) is 4.65. The van der Waals surface area contributed by atoms with E-state index in [4.69, 9.17) is 10.5 Å². The molecule has 4 nitrogen and oxygen atoms in total. The number of likely N-dealkylation sites (tertiary alicyclic amines) is 1. The topological polar surface area (TPSA) is 41.7 Å². The van der Waals surface area contributed by atoms with Crippen LogP contribution in [-0.2, 0) is 4.74 Å². The Morgan fingerprint density at radius 3 is 2.68 bits per heavy atom. The van der Waals surface area contributed by atoms with Gasteiger partial charge in [-0.05, 0) is 46.1 Å². The number of rotatable bonds is 4. The maximum absolute atomic E-state index is 6.06. The summed E-state index contributed by atoms with van der Waals surface area (Å²) in [5.41, 5.74) is 6.06. The predicted octanol–water partition coefficient (Wildman–Crippen LogP) is 1.15. The van der Waals surface area contributed by atoms with Crippen molar-refractivity contribution in [3.8, 4) is 0 Å². The molecule has 0 saturated carbocycles. The normalized spacial score (nSPS) is 32.7. The zero-order chi connectivity index (χ0) is 13.8. The minimum Gasteiger partial charge on any atom is -0.374 e. The molecule has 0 amide bonds. The average molecular weight is 269 g/mol. The molecule has 2 rings (SSSR count). The molecule has 3 atom stereocenters. The highest BCUT2D eigenvalue weighted by molar-refractivity contribution is 4.82. The molecule has 19 heavy (non-hydrogen) atoms. The SMILES string of the molecule is CC(N)C1CCCN(CC2CN(C(C)C)CCO2)C1. The quantitative estimate of drug-likeness (QED) is 0.831. The summed E-state index contributed by atoms with van der Waals surface area (Å²) in [7, 11) is 0. The van der Waals surface area contributed by atoms with Gasteiger partial charge in [-0.2, -0.15) is 0 Å². The summed E-state index contributed by atoms with van der Waals surface area (Å²) in [4.78, 5) is 5.09. The highest BCUT2D eigenvalue weighted by Gasteiger charge is 2.27. The molecular formula is C15H31N3O. The lowest BCUT2D eigenvalue weighted by molar-refractivity contribution is -0.0563. The number of nitrogens with zero attached hydrogens (tertiary/aromatic N) is 2. The highest BCUT2D eigenvalue weighted by Crippen LogP contribution is 2.20. The molecule has 0 spiro atoms. The van der Waals surface area contributed by atoms with Crippen LogP contribution >= 0.6 is 0 Å². The maximum Gasteiger partial charge on any atom is 0.0829 e. The molecule has 2 fully saturated rings. The van der Waals surface area contributed by atoms with Crippen LogP contribution in [0.4, 0.5) is 0 Å². The van der Waals surface area contributed by atoms with Gasteiger partial charge in [-0.15, -0.1) is 0 Å². The lowest BCUT2D eigenvalue weighted by Gasteiger charge is -2.40. The highest BCUT2D eigenvalue weighted by atomic mass is 16.5. The standard InChI is InChI=1S/C15H31N3O/c1-12(2)18-7-8-19-15(11-18)10-17-6-4-5-14(9-17)13(3)16/h12-15H,4-11,16H2,1-3H3. The van der Waals surface area contributed by atoms with Crippen molar-refractivity contribution in [3.63, 3.8) is 0 Å². The van der Waals surface area contributed by atoms with Crippen molar-refractivity contribution in [2.75, 3.05) is 39.3 Å². The zero-order valence-corrected chi connectivity index (χ0v) is 12.8. The first kappa shape index (κ1) is 15.2. The number of nitrogens with two attached hydrogens (primary N) is 1. The third kappa shape index (κ3) is 4.42. The average Bonchev–Trinajstić information content (AvgIpc) is 2.39. The minimum atomic E-state index is 0.322. The lowest BCUT2D eigenvalue weighted by atomic mass is 9.92.